The minimum atomic E-state index is -0.175. The summed E-state index contributed by atoms with van der Waals surface area (Å²) in [6, 6.07) is 0. The van der Waals surface area contributed by atoms with Crippen LogP contribution in [0.15, 0.2) is 0 Å². The van der Waals surface area contributed by atoms with E-state index in [2.05, 4.69) is 20.8 Å². The van der Waals surface area contributed by atoms with Gasteiger partial charge in [0.1, 0.15) is 6.10 Å². The molecule has 0 aromatic rings. The largest absolute Gasteiger partial charge is 0.400 e. The lowest BCUT2D eigenvalue weighted by molar-refractivity contribution is -0.245. The highest BCUT2D eigenvalue weighted by molar-refractivity contribution is 4.72. The lowest BCUT2D eigenvalue weighted by Gasteiger charge is -2.34. The molecular formula is C12H26O4. The number of aliphatic hydroxyl groups is 1. The van der Waals surface area contributed by atoms with Gasteiger partial charge in [0.15, 0.2) is 6.29 Å². The lowest BCUT2D eigenvalue weighted by atomic mass is 10.1. The van der Waals surface area contributed by atoms with E-state index in [-0.39, 0.29) is 12.4 Å². The van der Waals surface area contributed by atoms with E-state index in [1.807, 2.05) is 0 Å². The van der Waals surface area contributed by atoms with Gasteiger partial charge in [-0.15, -0.1) is 0 Å². The van der Waals surface area contributed by atoms with Gasteiger partial charge in [0, 0.05) is 14.2 Å². The van der Waals surface area contributed by atoms with Crippen LogP contribution in [0.4, 0.5) is 0 Å². The van der Waals surface area contributed by atoms with E-state index < -0.39 is 0 Å². The Bertz CT molecular complexity index is 161. The van der Waals surface area contributed by atoms with Gasteiger partial charge in [-0.25, -0.2) is 0 Å². The summed E-state index contributed by atoms with van der Waals surface area (Å²) in [5.74, 6) is 0.535. The molecule has 0 aromatic heterocycles. The van der Waals surface area contributed by atoms with Crippen molar-refractivity contribution < 1.29 is 19.3 Å². The van der Waals surface area contributed by atoms with Crippen LogP contribution < -0.4 is 0 Å². The van der Waals surface area contributed by atoms with E-state index in [1.54, 1.807) is 7.11 Å². The number of aliphatic hydroxyl groups excluding tert-OH is 1. The van der Waals surface area contributed by atoms with Crippen LogP contribution in [0.5, 0.6) is 0 Å². The maximum Gasteiger partial charge on any atom is 0.183 e. The van der Waals surface area contributed by atoms with Crippen molar-refractivity contribution >= 4 is 0 Å². The van der Waals surface area contributed by atoms with Gasteiger partial charge in [0.05, 0.1) is 12.7 Å². The molecule has 4 nitrogen and oxygen atoms in total. The summed E-state index contributed by atoms with van der Waals surface area (Å²) in [5.41, 5.74) is 0. The van der Waals surface area contributed by atoms with Gasteiger partial charge in [-0.1, -0.05) is 13.8 Å². The lowest BCUT2D eigenvalue weighted by Crippen LogP contribution is -2.41. The summed E-state index contributed by atoms with van der Waals surface area (Å²) in [6.07, 6.45) is 2.30. The zero-order chi connectivity index (χ0) is 12.6. The summed E-state index contributed by atoms with van der Waals surface area (Å²) in [4.78, 5) is 0. The zero-order valence-electron chi connectivity index (χ0n) is 11.1. The molecule has 1 fully saturated rings. The predicted octanol–water partition coefficient (Wildman–Crippen LogP) is 1.81. The molecule has 0 spiro atoms. The Morgan fingerprint density at radius 1 is 1.31 bits per heavy atom. The highest BCUT2D eigenvalue weighted by atomic mass is 16.7. The first-order chi connectivity index (χ1) is 7.63. The third-order valence-corrected chi connectivity index (χ3v) is 2.42. The first-order valence-corrected chi connectivity index (χ1v) is 5.88. The molecule has 2 unspecified atom stereocenters. The SMILES string of the molecule is CO.CO[C@@H]1CCC(C)OC1OCC(C)C. The van der Waals surface area contributed by atoms with Crippen LogP contribution in [-0.2, 0) is 14.2 Å². The quantitative estimate of drug-likeness (QED) is 0.806. The molecule has 1 N–H and O–H groups in total. The second-order valence-electron chi connectivity index (χ2n) is 4.39. The number of hydrogen-bond acceptors (Lipinski definition) is 4. The summed E-state index contributed by atoms with van der Waals surface area (Å²) < 4.78 is 16.7. The highest BCUT2D eigenvalue weighted by Gasteiger charge is 2.30. The smallest absolute Gasteiger partial charge is 0.183 e. The Labute approximate surface area is 98.9 Å². The van der Waals surface area contributed by atoms with Crippen LogP contribution in [0.1, 0.15) is 33.6 Å². The molecule has 1 aliphatic heterocycles. The van der Waals surface area contributed by atoms with E-state index in [4.69, 9.17) is 19.3 Å². The number of methoxy groups -OCH3 is 1. The molecule has 0 aliphatic carbocycles. The maximum absolute atomic E-state index is 7.00. The molecule has 0 amide bonds. The molecule has 1 rings (SSSR count). The standard InChI is InChI=1S/C11H22O3.CH4O/c1-8(2)7-13-11-10(12-4)6-5-9(3)14-11;1-2/h8-11H,5-7H2,1-4H3;2H,1H3/t9?,10-,11?;/m1./s1. The van der Waals surface area contributed by atoms with Gasteiger partial charge >= 0.3 is 0 Å². The van der Waals surface area contributed by atoms with Crippen LogP contribution in [0, 0.1) is 5.92 Å². The zero-order valence-corrected chi connectivity index (χ0v) is 11.1. The fourth-order valence-electron chi connectivity index (χ4n) is 1.58. The molecule has 0 saturated carbocycles. The first kappa shape index (κ1) is 15.8. The van der Waals surface area contributed by atoms with Crippen molar-refractivity contribution in [3.8, 4) is 0 Å². The summed E-state index contributed by atoms with van der Waals surface area (Å²) in [6.45, 7) is 7.08. The molecule has 3 atom stereocenters. The van der Waals surface area contributed by atoms with Gasteiger partial charge in [0.2, 0.25) is 0 Å². The molecule has 1 aliphatic rings. The van der Waals surface area contributed by atoms with Crippen LogP contribution in [-0.4, -0.2) is 44.4 Å². The minimum absolute atomic E-state index is 0.102. The van der Waals surface area contributed by atoms with Crippen LogP contribution in [0.3, 0.4) is 0 Å². The Morgan fingerprint density at radius 2 is 1.94 bits per heavy atom. The fraction of sp³-hybridized carbons (Fsp3) is 1.00. The average Bonchev–Trinajstić information content (AvgIpc) is 2.29. The maximum atomic E-state index is 7.00. The van der Waals surface area contributed by atoms with Crippen LogP contribution in [0.25, 0.3) is 0 Å². The normalized spacial score (nSPS) is 29.8. The number of rotatable bonds is 4. The van der Waals surface area contributed by atoms with Gasteiger partial charge in [-0.2, -0.15) is 0 Å². The fourth-order valence-corrected chi connectivity index (χ4v) is 1.58. The Morgan fingerprint density at radius 3 is 2.44 bits per heavy atom. The monoisotopic (exact) mass is 234 g/mol. The van der Waals surface area contributed by atoms with Crippen LogP contribution >= 0.6 is 0 Å². The number of ether oxygens (including phenoxy) is 3. The van der Waals surface area contributed by atoms with Gasteiger partial charge in [0.25, 0.3) is 0 Å². The molecule has 0 aromatic carbocycles. The van der Waals surface area contributed by atoms with Gasteiger partial charge in [-0.3, -0.25) is 0 Å². The third kappa shape index (κ3) is 5.80. The van der Waals surface area contributed by atoms with Crippen molar-refractivity contribution in [1.82, 2.24) is 0 Å². The molecule has 98 valence electrons. The van der Waals surface area contributed by atoms with Crippen molar-refractivity contribution in [1.29, 1.82) is 0 Å². The van der Waals surface area contributed by atoms with Crippen molar-refractivity contribution in [2.24, 2.45) is 5.92 Å². The second-order valence-corrected chi connectivity index (χ2v) is 4.39. The average molecular weight is 234 g/mol. The number of hydrogen-bond donors (Lipinski definition) is 1. The second kappa shape index (κ2) is 8.93. The Hall–Kier alpha value is -0.160. The summed E-state index contributed by atoms with van der Waals surface area (Å²) >= 11 is 0. The minimum Gasteiger partial charge on any atom is -0.400 e. The van der Waals surface area contributed by atoms with E-state index in [0.717, 1.165) is 26.6 Å². The van der Waals surface area contributed by atoms with Crippen LogP contribution in [0.2, 0.25) is 0 Å². The molecular weight excluding hydrogens is 208 g/mol. The van der Waals surface area contributed by atoms with Crippen molar-refractivity contribution in [2.75, 3.05) is 20.8 Å². The van der Waals surface area contributed by atoms with E-state index in [1.165, 1.54) is 0 Å². The third-order valence-electron chi connectivity index (χ3n) is 2.42. The Kier molecular flexibility index (Phi) is 8.84. The topological polar surface area (TPSA) is 47.9 Å². The predicted molar refractivity (Wildman–Crippen MR) is 63.3 cm³/mol. The molecule has 0 radical (unpaired) electrons. The van der Waals surface area contributed by atoms with Crippen molar-refractivity contribution in [3.63, 3.8) is 0 Å². The molecule has 4 heteroatoms. The summed E-state index contributed by atoms with van der Waals surface area (Å²) in [7, 11) is 2.72. The highest BCUT2D eigenvalue weighted by Crippen LogP contribution is 2.22. The Balaban J connectivity index is 0.00000106. The van der Waals surface area contributed by atoms with E-state index in [0.29, 0.717) is 12.0 Å². The first-order valence-electron chi connectivity index (χ1n) is 5.88. The van der Waals surface area contributed by atoms with Gasteiger partial charge < -0.3 is 19.3 Å². The van der Waals surface area contributed by atoms with Crippen molar-refractivity contribution in [3.05, 3.63) is 0 Å². The van der Waals surface area contributed by atoms with Crippen molar-refractivity contribution in [2.45, 2.75) is 52.1 Å². The van der Waals surface area contributed by atoms with E-state index in [9.17, 15) is 0 Å². The van der Waals surface area contributed by atoms with Gasteiger partial charge in [-0.05, 0) is 25.7 Å². The molecule has 1 heterocycles. The van der Waals surface area contributed by atoms with E-state index >= 15 is 0 Å². The molecule has 16 heavy (non-hydrogen) atoms. The molecule has 0 bridgehead atoms. The molecule has 1 saturated heterocycles. The summed E-state index contributed by atoms with van der Waals surface area (Å²) in [5, 5.41) is 7.00.